The summed E-state index contributed by atoms with van der Waals surface area (Å²) in [4.78, 5) is 27.3. The van der Waals surface area contributed by atoms with E-state index in [1.807, 2.05) is 6.07 Å². The van der Waals surface area contributed by atoms with Gasteiger partial charge in [-0.15, -0.1) is 0 Å². The summed E-state index contributed by atoms with van der Waals surface area (Å²) in [7, 11) is 1.39. The third kappa shape index (κ3) is 5.49. The predicted molar refractivity (Wildman–Crippen MR) is 95.1 cm³/mol. The van der Waals surface area contributed by atoms with Crippen LogP contribution in [0.25, 0.3) is 10.9 Å². The van der Waals surface area contributed by atoms with E-state index in [1.54, 1.807) is 24.4 Å². The van der Waals surface area contributed by atoms with Gasteiger partial charge < -0.3 is 10.1 Å². The maximum Gasteiger partial charge on any atom is 0.305 e. The van der Waals surface area contributed by atoms with Gasteiger partial charge in [-0.25, -0.2) is 0 Å². The van der Waals surface area contributed by atoms with Crippen molar-refractivity contribution in [2.75, 3.05) is 12.4 Å². The Balaban J connectivity index is 1.78. The third-order valence-corrected chi connectivity index (χ3v) is 3.98. The number of esters is 1. The van der Waals surface area contributed by atoms with E-state index in [2.05, 4.69) is 15.0 Å². The maximum absolute atomic E-state index is 12.1. The summed E-state index contributed by atoms with van der Waals surface area (Å²) in [6, 6.07) is 7.19. The molecule has 0 atom stereocenters. The summed E-state index contributed by atoms with van der Waals surface area (Å²) >= 11 is 5.96. The first-order valence-electron chi connectivity index (χ1n) is 8.01. The fraction of sp³-hybridized carbons (Fsp3) is 0.389. The number of amides is 1. The van der Waals surface area contributed by atoms with E-state index >= 15 is 0 Å². The Bertz CT molecular complexity index is 718. The monoisotopic (exact) mass is 348 g/mol. The fourth-order valence-corrected chi connectivity index (χ4v) is 2.62. The number of carbonyl (C=O) groups is 2. The highest BCUT2D eigenvalue weighted by Gasteiger charge is 2.07. The molecule has 0 spiro atoms. The molecule has 1 aromatic heterocycles. The molecule has 0 aliphatic carbocycles. The zero-order chi connectivity index (χ0) is 17.4. The molecule has 0 fully saturated rings. The van der Waals surface area contributed by atoms with Gasteiger partial charge in [0.25, 0.3) is 0 Å². The molecule has 0 bridgehead atoms. The van der Waals surface area contributed by atoms with E-state index in [0.29, 0.717) is 17.9 Å². The lowest BCUT2D eigenvalue weighted by atomic mass is 10.1. The van der Waals surface area contributed by atoms with Crippen molar-refractivity contribution in [3.63, 3.8) is 0 Å². The second kappa shape index (κ2) is 9.23. The number of nitrogens with zero attached hydrogens (tertiary/aromatic N) is 1. The Kier molecular flexibility index (Phi) is 7.00. The minimum absolute atomic E-state index is 0.0228. The molecule has 128 valence electrons. The summed E-state index contributed by atoms with van der Waals surface area (Å²) in [5, 5.41) is 4.41. The van der Waals surface area contributed by atoms with Gasteiger partial charge in [0.2, 0.25) is 5.91 Å². The number of carbonyl (C=O) groups excluding carboxylic acids is 2. The Hall–Kier alpha value is -2.14. The average molecular weight is 349 g/mol. The van der Waals surface area contributed by atoms with Gasteiger partial charge in [0.15, 0.2) is 0 Å². The van der Waals surface area contributed by atoms with Gasteiger partial charge in [0.1, 0.15) is 0 Å². The number of hydrogen-bond acceptors (Lipinski definition) is 4. The largest absolute Gasteiger partial charge is 0.469 e. The summed E-state index contributed by atoms with van der Waals surface area (Å²) in [6.45, 7) is 0. The number of fused-ring (bicyclic) bond motifs is 1. The molecule has 1 aromatic carbocycles. The van der Waals surface area contributed by atoms with Crippen LogP contribution in [0.4, 0.5) is 5.69 Å². The first kappa shape index (κ1) is 18.2. The first-order chi connectivity index (χ1) is 11.6. The number of ether oxygens (including phenoxy) is 1. The molecule has 24 heavy (non-hydrogen) atoms. The SMILES string of the molecule is COC(=O)CCCCCCC(=O)Nc1ccnc2cc(Cl)ccc12. The van der Waals surface area contributed by atoms with Crippen LogP contribution in [0.5, 0.6) is 0 Å². The van der Waals surface area contributed by atoms with E-state index in [-0.39, 0.29) is 11.9 Å². The summed E-state index contributed by atoms with van der Waals surface area (Å²) in [5.41, 5.74) is 1.50. The quantitative estimate of drug-likeness (QED) is 0.569. The van der Waals surface area contributed by atoms with Gasteiger partial charge >= 0.3 is 5.97 Å². The second-order valence-corrected chi connectivity index (χ2v) is 5.99. The summed E-state index contributed by atoms with van der Waals surface area (Å²) in [5.74, 6) is -0.206. The Morgan fingerprint density at radius 2 is 1.88 bits per heavy atom. The van der Waals surface area contributed by atoms with E-state index in [1.165, 1.54) is 7.11 Å². The molecule has 0 saturated heterocycles. The molecular formula is C18H21ClN2O3. The molecule has 1 N–H and O–H groups in total. The van der Waals surface area contributed by atoms with E-state index < -0.39 is 0 Å². The zero-order valence-corrected chi connectivity index (χ0v) is 14.4. The van der Waals surface area contributed by atoms with Gasteiger partial charge in [-0.3, -0.25) is 14.6 Å². The molecule has 0 unspecified atom stereocenters. The highest BCUT2D eigenvalue weighted by atomic mass is 35.5. The minimum Gasteiger partial charge on any atom is -0.469 e. The number of nitrogens with one attached hydrogen (secondary N) is 1. The smallest absolute Gasteiger partial charge is 0.305 e. The van der Waals surface area contributed by atoms with Gasteiger partial charge in [0.05, 0.1) is 18.3 Å². The van der Waals surface area contributed by atoms with Gasteiger partial charge in [-0.1, -0.05) is 24.4 Å². The van der Waals surface area contributed by atoms with Crippen LogP contribution in [-0.2, 0) is 14.3 Å². The van der Waals surface area contributed by atoms with Crippen LogP contribution in [0.15, 0.2) is 30.5 Å². The third-order valence-electron chi connectivity index (χ3n) is 3.74. The first-order valence-corrected chi connectivity index (χ1v) is 8.39. The standard InChI is InChI=1S/C18H21ClN2O3/c1-24-18(23)7-5-3-2-4-6-17(22)21-15-10-11-20-16-12-13(19)8-9-14(15)16/h8-12H,2-7H2,1H3,(H,20,21,22). The molecule has 0 aliphatic rings. The van der Waals surface area contributed by atoms with Crippen LogP contribution in [0.2, 0.25) is 5.02 Å². The fourth-order valence-electron chi connectivity index (χ4n) is 2.45. The van der Waals surface area contributed by atoms with Crippen molar-refractivity contribution in [2.45, 2.75) is 38.5 Å². The van der Waals surface area contributed by atoms with Crippen LogP contribution in [0.1, 0.15) is 38.5 Å². The van der Waals surface area contributed by atoms with E-state index in [4.69, 9.17) is 11.6 Å². The molecule has 1 amide bonds. The van der Waals surface area contributed by atoms with Crippen molar-refractivity contribution in [3.8, 4) is 0 Å². The van der Waals surface area contributed by atoms with Crippen LogP contribution in [0.3, 0.4) is 0 Å². The number of hydrogen-bond donors (Lipinski definition) is 1. The normalized spacial score (nSPS) is 10.6. The van der Waals surface area contributed by atoms with E-state index in [9.17, 15) is 9.59 Å². The lowest BCUT2D eigenvalue weighted by Crippen LogP contribution is -2.11. The molecule has 6 heteroatoms. The number of benzene rings is 1. The van der Waals surface area contributed by atoms with Crippen molar-refractivity contribution >= 4 is 40.1 Å². The second-order valence-electron chi connectivity index (χ2n) is 5.56. The van der Waals surface area contributed by atoms with Crippen LogP contribution < -0.4 is 5.32 Å². The van der Waals surface area contributed by atoms with Gasteiger partial charge in [-0.05, 0) is 37.1 Å². The summed E-state index contributed by atoms with van der Waals surface area (Å²) < 4.78 is 4.59. The summed E-state index contributed by atoms with van der Waals surface area (Å²) in [6.07, 6.45) is 5.97. The number of pyridine rings is 1. The topological polar surface area (TPSA) is 68.3 Å². The lowest BCUT2D eigenvalue weighted by molar-refractivity contribution is -0.140. The van der Waals surface area contributed by atoms with Crippen molar-refractivity contribution in [3.05, 3.63) is 35.5 Å². The zero-order valence-electron chi connectivity index (χ0n) is 13.7. The van der Waals surface area contributed by atoms with Crippen molar-refractivity contribution in [1.82, 2.24) is 4.98 Å². The molecule has 0 saturated carbocycles. The lowest BCUT2D eigenvalue weighted by Gasteiger charge is -2.08. The van der Waals surface area contributed by atoms with Crippen LogP contribution in [0, 0.1) is 0 Å². The van der Waals surface area contributed by atoms with Crippen LogP contribution >= 0.6 is 11.6 Å². The molecule has 2 aromatic rings. The Labute approximate surface area is 146 Å². The number of unbranched alkanes of at least 4 members (excludes halogenated alkanes) is 3. The predicted octanol–water partition coefficient (Wildman–Crippen LogP) is 4.34. The van der Waals surface area contributed by atoms with Gasteiger partial charge in [-0.2, -0.15) is 0 Å². The maximum atomic E-state index is 12.1. The molecular weight excluding hydrogens is 328 g/mol. The number of halogens is 1. The van der Waals surface area contributed by atoms with Crippen molar-refractivity contribution < 1.29 is 14.3 Å². The van der Waals surface area contributed by atoms with Gasteiger partial charge in [0, 0.05) is 29.4 Å². The Morgan fingerprint density at radius 1 is 1.12 bits per heavy atom. The molecule has 0 radical (unpaired) electrons. The number of rotatable bonds is 8. The number of methoxy groups -OCH3 is 1. The Morgan fingerprint density at radius 3 is 2.62 bits per heavy atom. The molecule has 1 heterocycles. The van der Waals surface area contributed by atoms with Crippen LogP contribution in [-0.4, -0.2) is 24.0 Å². The highest BCUT2D eigenvalue weighted by Crippen LogP contribution is 2.24. The minimum atomic E-state index is -0.183. The molecule has 2 rings (SSSR count). The van der Waals surface area contributed by atoms with Crippen molar-refractivity contribution in [2.24, 2.45) is 0 Å². The van der Waals surface area contributed by atoms with E-state index in [0.717, 1.165) is 42.3 Å². The number of anilines is 1. The highest BCUT2D eigenvalue weighted by molar-refractivity contribution is 6.31. The molecule has 0 aliphatic heterocycles. The average Bonchev–Trinajstić information content (AvgIpc) is 2.57. The molecule has 5 nitrogen and oxygen atoms in total. The number of aromatic nitrogens is 1. The van der Waals surface area contributed by atoms with Crippen molar-refractivity contribution in [1.29, 1.82) is 0 Å².